The van der Waals surface area contributed by atoms with E-state index in [1.165, 1.54) is 10.9 Å². The highest BCUT2D eigenvalue weighted by Gasteiger charge is 2.10. The Bertz CT molecular complexity index is 1200. The van der Waals surface area contributed by atoms with Crippen molar-refractivity contribution < 1.29 is 4.79 Å². The Hall–Kier alpha value is -2.76. The van der Waals surface area contributed by atoms with Gasteiger partial charge in [0.25, 0.3) is 0 Å². The molecule has 0 atom stereocenters. The van der Waals surface area contributed by atoms with Crippen molar-refractivity contribution >= 4 is 45.8 Å². The second-order valence-electron chi connectivity index (χ2n) is 7.34. The van der Waals surface area contributed by atoms with E-state index in [2.05, 4.69) is 27.5 Å². The molecule has 2 aromatic heterocycles. The van der Waals surface area contributed by atoms with Crippen molar-refractivity contribution in [1.29, 1.82) is 0 Å². The van der Waals surface area contributed by atoms with E-state index in [1.54, 1.807) is 6.07 Å². The summed E-state index contributed by atoms with van der Waals surface area (Å²) in [5, 5.41) is 9.66. The van der Waals surface area contributed by atoms with Gasteiger partial charge in [-0.05, 0) is 49.1 Å². The van der Waals surface area contributed by atoms with Crippen LogP contribution in [0.15, 0.2) is 54.7 Å². The third-order valence-corrected chi connectivity index (χ3v) is 5.83. The molecule has 4 aromatic rings. The maximum Gasteiger partial charge on any atom is 0.225 e. The van der Waals surface area contributed by atoms with Crippen LogP contribution in [0, 0.1) is 6.92 Å². The average molecular weight is 441 g/mol. The first-order valence-electron chi connectivity index (χ1n) is 9.83. The molecule has 0 saturated heterocycles. The number of para-hydroxylation sites is 1. The number of hydrogen-bond donors (Lipinski definition) is 2. The number of nitrogens with zero attached hydrogens (tertiary/aromatic N) is 2. The number of amides is 1. The van der Waals surface area contributed by atoms with Gasteiger partial charge in [-0.1, -0.05) is 47.5 Å². The number of aromatic amines is 1. The normalized spacial score (nSPS) is 11.2. The number of anilines is 1. The molecule has 0 aliphatic rings. The van der Waals surface area contributed by atoms with Crippen LogP contribution < -0.4 is 5.32 Å². The monoisotopic (exact) mass is 440 g/mol. The number of aryl methyl sites for hydroxylation is 2. The fourth-order valence-corrected chi connectivity index (χ4v) is 3.85. The summed E-state index contributed by atoms with van der Waals surface area (Å²) in [6.45, 7) is 2.51. The number of carbonyl (C=O) groups is 1. The topological polar surface area (TPSA) is 62.7 Å². The van der Waals surface area contributed by atoms with Crippen molar-refractivity contribution in [3.63, 3.8) is 0 Å². The molecule has 0 fully saturated rings. The third kappa shape index (κ3) is 4.69. The lowest BCUT2D eigenvalue weighted by atomic mass is 10.1. The van der Waals surface area contributed by atoms with E-state index in [0.29, 0.717) is 28.8 Å². The summed E-state index contributed by atoms with van der Waals surface area (Å²) in [6.07, 6.45) is 4.09. The molecule has 0 aliphatic carbocycles. The second-order valence-corrected chi connectivity index (χ2v) is 8.15. The van der Waals surface area contributed by atoms with E-state index < -0.39 is 0 Å². The maximum atomic E-state index is 12.4. The number of halogens is 2. The number of nitrogens with one attached hydrogen (secondary N) is 2. The van der Waals surface area contributed by atoms with E-state index in [4.69, 9.17) is 23.2 Å². The number of fused-ring (bicyclic) bond motifs is 1. The molecule has 1 amide bonds. The summed E-state index contributed by atoms with van der Waals surface area (Å²) < 4.78 is 1.83. The van der Waals surface area contributed by atoms with Gasteiger partial charge in [-0.3, -0.25) is 9.48 Å². The Morgan fingerprint density at radius 1 is 1.13 bits per heavy atom. The number of hydrogen-bond acceptors (Lipinski definition) is 2. The van der Waals surface area contributed by atoms with E-state index in [-0.39, 0.29) is 5.91 Å². The summed E-state index contributed by atoms with van der Waals surface area (Å²) in [5.74, 6) is 0.527. The molecular weight excluding hydrogens is 419 g/mol. The van der Waals surface area contributed by atoms with Crippen LogP contribution in [0.5, 0.6) is 0 Å². The lowest BCUT2D eigenvalue weighted by Crippen LogP contribution is -2.12. The molecule has 0 bridgehead atoms. The minimum atomic E-state index is -0.0333. The Morgan fingerprint density at radius 2 is 1.97 bits per heavy atom. The number of carbonyl (C=O) groups excluding carboxylic acids is 1. The van der Waals surface area contributed by atoms with Gasteiger partial charge in [-0.15, -0.1) is 0 Å². The smallest absolute Gasteiger partial charge is 0.225 e. The quantitative estimate of drug-likeness (QED) is 0.370. The highest BCUT2D eigenvalue weighted by atomic mass is 35.5. The summed E-state index contributed by atoms with van der Waals surface area (Å²) in [4.78, 5) is 15.6. The standard InChI is InChI=1S/C23H22Cl2N4O/c1-15-11-22(28-29(15)14-16-9-10-19(24)20(25)12-16)27-23(30)8-4-5-17-13-26-21-7-3-2-6-18(17)21/h2-3,6-7,9-13,26H,4-5,8,14H2,1H3,(H,27,28,30). The van der Waals surface area contributed by atoms with Gasteiger partial charge in [-0.25, -0.2) is 0 Å². The molecule has 7 heteroatoms. The predicted octanol–water partition coefficient (Wildman–Crippen LogP) is 5.99. The highest BCUT2D eigenvalue weighted by molar-refractivity contribution is 6.42. The molecule has 5 nitrogen and oxygen atoms in total. The molecular formula is C23H22Cl2N4O. The van der Waals surface area contributed by atoms with Gasteiger partial charge in [0.2, 0.25) is 5.91 Å². The average Bonchev–Trinajstić information content (AvgIpc) is 3.28. The SMILES string of the molecule is Cc1cc(NC(=O)CCCc2c[nH]c3ccccc23)nn1Cc1ccc(Cl)c(Cl)c1. The molecule has 0 aliphatic heterocycles. The Labute approximate surface area is 185 Å². The van der Waals surface area contributed by atoms with Crippen molar-refractivity contribution in [2.75, 3.05) is 5.32 Å². The van der Waals surface area contributed by atoms with E-state index >= 15 is 0 Å². The van der Waals surface area contributed by atoms with Gasteiger partial charge < -0.3 is 10.3 Å². The van der Waals surface area contributed by atoms with Crippen molar-refractivity contribution in [2.45, 2.75) is 32.7 Å². The fraction of sp³-hybridized carbons (Fsp3) is 0.217. The summed E-state index contributed by atoms with van der Waals surface area (Å²) in [5.41, 5.74) is 4.31. The summed E-state index contributed by atoms with van der Waals surface area (Å²) in [7, 11) is 0. The molecule has 2 aromatic carbocycles. The van der Waals surface area contributed by atoms with E-state index in [1.807, 2.05) is 48.1 Å². The first-order chi connectivity index (χ1) is 14.5. The van der Waals surface area contributed by atoms with Crippen molar-refractivity contribution in [3.8, 4) is 0 Å². The van der Waals surface area contributed by atoms with Gasteiger partial charge in [0.15, 0.2) is 5.82 Å². The van der Waals surface area contributed by atoms with Crippen LogP contribution >= 0.6 is 23.2 Å². The first kappa shape index (κ1) is 20.5. The fourth-order valence-electron chi connectivity index (χ4n) is 3.53. The second kappa shape index (κ2) is 8.94. The molecule has 0 radical (unpaired) electrons. The zero-order chi connectivity index (χ0) is 21.1. The van der Waals surface area contributed by atoms with Crippen molar-refractivity contribution in [3.05, 3.63) is 81.6 Å². The zero-order valence-electron chi connectivity index (χ0n) is 16.6. The molecule has 0 saturated carbocycles. The maximum absolute atomic E-state index is 12.4. The van der Waals surface area contributed by atoms with Crippen LogP contribution in [0.2, 0.25) is 10.0 Å². The summed E-state index contributed by atoms with van der Waals surface area (Å²) >= 11 is 12.1. The molecule has 30 heavy (non-hydrogen) atoms. The highest BCUT2D eigenvalue weighted by Crippen LogP contribution is 2.23. The lowest BCUT2D eigenvalue weighted by Gasteiger charge is -2.06. The lowest BCUT2D eigenvalue weighted by molar-refractivity contribution is -0.116. The summed E-state index contributed by atoms with van der Waals surface area (Å²) in [6, 6.07) is 15.6. The van der Waals surface area contributed by atoms with Crippen molar-refractivity contribution in [2.24, 2.45) is 0 Å². The Kier molecular flexibility index (Phi) is 6.11. The Balaban J connectivity index is 1.32. The molecule has 2 N–H and O–H groups in total. The molecule has 2 heterocycles. The minimum Gasteiger partial charge on any atom is -0.361 e. The van der Waals surface area contributed by atoms with Crippen LogP contribution in [-0.4, -0.2) is 20.7 Å². The predicted molar refractivity (Wildman–Crippen MR) is 122 cm³/mol. The van der Waals surface area contributed by atoms with Crippen LogP contribution in [0.1, 0.15) is 29.7 Å². The zero-order valence-corrected chi connectivity index (χ0v) is 18.1. The van der Waals surface area contributed by atoms with Crippen LogP contribution in [0.4, 0.5) is 5.82 Å². The number of benzene rings is 2. The van der Waals surface area contributed by atoms with E-state index in [0.717, 1.165) is 29.6 Å². The van der Waals surface area contributed by atoms with Crippen LogP contribution in [0.25, 0.3) is 10.9 Å². The number of aromatic nitrogens is 3. The van der Waals surface area contributed by atoms with Gasteiger partial charge >= 0.3 is 0 Å². The van der Waals surface area contributed by atoms with Crippen molar-refractivity contribution in [1.82, 2.24) is 14.8 Å². The van der Waals surface area contributed by atoms with Gasteiger partial charge in [0.05, 0.1) is 16.6 Å². The molecule has 0 unspecified atom stereocenters. The molecule has 0 spiro atoms. The third-order valence-electron chi connectivity index (χ3n) is 5.09. The largest absolute Gasteiger partial charge is 0.361 e. The molecule has 4 rings (SSSR count). The Morgan fingerprint density at radius 3 is 2.80 bits per heavy atom. The number of rotatable bonds is 7. The van der Waals surface area contributed by atoms with Crippen LogP contribution in [-0.2, 0) is 17.8 Å². The minimum absolute atomic E-state index is 0.0333. The first-order valence-corrected chi connectivity index (χ1v) is 10.6. The van der Waals surface area contributed by atoms with E-state index in [9.17, 15) is 4.79 Å². The van der Waals surface area contributed by atoms with Gasteiger partial charge in [0.1, 0.15) is 0 Å². The van der Waals surface area contributed by atoms with Crippen LogP contribution in [0.3, 0.4) is 0 Å². The number of H-pyrrole nitrogens is 1. The molecule has 154 valence electrons. The van der Waals surface area contributed by atoms with Gasteiger partial charge in [-0.2, -0.15) is 5.10 Å². The van der Waals surface area contributed by atoms with Gasteiger partial charge in [0, 0.05) is 35.3 Å².